The fourth-order valence-corrected chi connectivity index (χ4v) is 3.72. The molecule has 2 aliphatic rings. The monoisotopic (exact) mass is 342 g/mol. The maximum Gasteiger partial charge on any atom is 0.289 e. The van der Waals surface area contributed by atoms with E-state index in [0.29, 0.717) is 25.5 Å². The molecule has 0 aromatic carbocycles. The Labute approximate surface area is 146 Å². The fourth-order valence-electron chi connectivity index (χ4n) is 3.72. The summed E-state index contributed by atoms with van der Waals surface area (Å²) in [6, 6.07) is 7.35. The highest BCUT2D eigenvalue weighted by molar-refractivity contribution is 5.91. The minimum absolute atomic E-state index is 0.0545. The van der Waals surface area contributed by atoms with Gasteiger partial charge < -0.3 is 18.8 Å². The number of carbonyl (C=O) groups excluding carboxylic acids is 1. The lowest BCUT2D eigenvalue weighted by atomic mass is 9.89. The predicted molar refractivity (Wildman–Crippen MR) is 90.0 cm³/mol. The van der Waals surface area contributed by atoms with Crippen LogP contribution in [0, 0.1) is 0 Å². The van der Waals surface area contributed by atoms with E-state index in [1.54, 1.807) is 18.3 Å². The van der Waals surface area contributed by atoms with Gasteiger partial charge >= 0.3 is 0 Å². The van der Waals surface area contributed by atoms with Crippen LogP contribution in [0.4, 0.5) is 0 Å². The zero-order valence-electron chi connectivity index (χ0n) is 14.1. The Morgan fingerprint density at radius 1 is 1.40 bits per heavy atom. The molecule has 2 aromatic heterocycles. The summed E-state index contributed by atoms with van der Waals surface area (Å²) in [5, 5.41) is 0. The number of rotatable bonds is 4. The quantitative estimate of drug-likeness (QED) is 0.855. The van der Waals surface area contributed by atoms with Gasteiger partial charge in [0.15, 0.2) is 5.76 Å². The second-order valence-corrected chi connectivity index (χ2v) is 6.80. The number of likely N-dealkylation sites (tertiary alicyclic amines) is 1. The number of hydrogen-bond donors (Lipinski definition) is 0. The van der Waals surface area contributed by atoms with Crippen LogP contribution in [0.1, 0.15) is 35.4 Å². The van der Waals surface area contributed by atoms with E-state index in [0.717, 1.165) is 31.4 Å². The molecule has 2 saturated heterocycles. The van der Waals surface area contributed by atoms with Crippen LogP contribution in [0.25, 0.3) is 0 Å². The molecule has 25 heavy (non-hydrogen) atoms. The Hall–Kier alpha value is -2.18. The number of hydrogen-bond acceptors (Lipinski definition) is 5. The molecule has 2 fully saturated rings. The topological polar surface area (TPSA) is 64.8 Å². The van der Waals surface area contributed by atoms with Crippen molar-refractivity contribution in [3.63, 3.8) is 0 Å². The maximum atomic E-state index is 12.5. The lowest BCUT2D eigenvalue weighted by Crippen LogP contribution is -2.50. The molecule has 1 amide bonds. The van der Waals surface area contributed by atoms with Gasteiger partial charge in [0.05, 0.1) is 37.7 Å². The summed E-state index contributed by atoms with van der Waals surface area (Å²) in [7, 11) is 0. The standard InChI is InChI=1S/C19H22N2O4/c22-18(17-5-2-9-23-17)21-8-3-6-19(14-21)10-16(13-25-19)24-12-15-4-1-7-20-11-15/h1-2,4-5,7,9,11,16H,3,6,8,10,12-14H2. The normalized spacial score (nSPS) is 26.2. The van der Waals surface area contributed by atoms with Crippen LogP contribution in [0.5, 0.6) is 0 Å². The number of pyridine rings is 1. The van der Waals surface area contributed by atoms with E-state index in [9.17, 15) is 4.79 Å². The Bertz CT molecular complexity index is 703. The molecule has 132 valence electrons. The number of aromatic nitrogens is 1. The molecule has 2 aromatic rings. The molecule has 2 unspecified atom stereocenters. The van der Waals surface area contributed by atoms with Crippen LogP contribution in [0.3, 0.4) is 0 Å². The van der Waals surface area contributed by atoms with Gasteiger partial charge in [0.2, 0.25) is 0 Å². The second-order valence-electron chi connectivity index (χ2n) is 6.80. The molecule has 1 spiro atoms. The number of amides is 1. The van der Waals surface area contributed by atoms with Gasteiger partial charge in [-0.3, -0.25) is 9.78 Å². The molecular weight excluding hydrogens is 320 g/mol. The molecule has 4 rings (SSSR count). The van der Waals surface area contributed by atoms with E-state index in [4.69, 9.17) is 13.9 Å². The molecule has 0 bridgehead atoms. The van der Waals surface area contributed by atoms with Crippen LogP contribution in [0.2, 0.25) is 0 Å². The lowest BCUT2D eigenvalue weighted by molar-refractivity contribution is -0.0471. The minimum Gasteiger partial charge on any atom is -0.459 e. The fraction of sp³-hybridized carbons (Fsp3) is 0.474. The average Bonchev–Trinajstić information content (AvgIpc) is 3.31. The van der Waals surface area contributed by atoms with Gasteiger partial charge in [0.25, 0.3) is 5.91 Å². The summed E-state index contributed by atoms with van der Waals surface area (Å²) in [6.45, 7) is 2.45. The molecule has 6 heteroatoms. The van der Waals surface area contributed by atoms with Crippen molar-refractivity contribution in [2.24, 2.45) is 0 Å². The van der Waals surface area contributed by atoms with Crippen molar-refractivity contribution in [3.05, 3.63) is 54.2 Å². The van der Waals surface area contributed by atoms with E-state index in [2.05, 4.69) is 4.98 Å². The predicted octanol–water partition coefficient (Wildman–Crippen LogP) is 2.66. The Morgan fingerprint density at radius 2 is 2.36 bits per heavy atom. The highest BCUT2D eigenvalue weighted by Crippen LogP contribution is 2.36. The molecular formula is C19H22N2O4. The number of nitrogens with zero attached hydrogens (tertiary/aromatic N) is 2. The van der Waals surface area contributed by atoms with Crippen molar-refractivity contribution in [1.29, 1.82) is 0 Å². The third-order valence-corrected chi connectivity index (χ3v) is 4.94. The van der Waals surface area contributed by atoms with Crippen molar-refractivity contribution in [1.82, 2.24) is 9.88 Å². The molecule has 0 aliphatic carbocycles. The smallest absolute Gasteiger partial charge is 0.289 e. The summed E-state index contributed by atoms with van der Waals surface area (Å²) in [6.07, 6.45) is 7.86. The molecule has 0 radical (unpaired) electrons. The van der Waals surface area contributed by atoms with E-state index in [1.807, 2.05) is 23.2 Å². The van der Waals surface area contributed by atoms with Crippen LogP contribution >= 0.6 is 0 Å². The van der Waals surface area contributed by atoms with Gasteiger partial charge in [-0.25, -0.2) is 0 Å². The average molecular weight is 342 g/mol. The van der Waals surface area contributed by atoms with E-state index < -0.39 is 0 Å². The third-order valence-electron chi connectivity index (χ3n) is 4.94. The second kappa shape index (κ2) is 6.98. The molecule has 0 saturated carbocycles. The van der Waals surface area contributed by atoms with Gasteiger partial charge in [0.1, 0.15) is 0 Å². The van der Waals surface area contributed by atoms with E-state index in [-0.39, 0.29) is 17.6 Å². The molecule has 2 atom stereocenters. The van der Waals surface area contributed by atoms with Gasteiger partial charge in [0, 0.05) is 25.4 Å². The largest absolute Gasteiger partial charge is 0.459 e. The third kappa shape index (κ3) is 3.60. The highest BCUT2D eigenvalue weighted by Gasteiger charge is 2.45. The zero-order valence-corrected chi connectivity index (χ0v) is 14.1. The van der Waals surface area contributed by atoms with Gasteiger partial charge in [-0.15, -0.1) is 0 Å². The Morgan fingerprint density at radius 3 is 3.16 bits per heavy atom. The SMILES string of the molecule is O=C(c1ccco1)N1CCCC2(CC(OCc3cccnc3)CO2)C1. The van der Waals surface area contributed by atoms with Crippen molar-refractivity contribution in [2.75, 3.05) is 19.7 Å². The lowest BCUT2D eigenvalue weighted by Gasteiger charge is -2.39. The highest BCUT2D eigenvalue weighted by atomic mass is 16.6. The van der Waals surface area contributed by atoms with E-state index in [1.165, 1.54) is 6.26 Å². The molecule has 0 N–H and O–H groups in total. The first-order valence-electron chi connectivity index (χ1n) is 8.71. The van der Waals surface area contributed by atoms with Crippen LogP contribution in [-0.4, -0.2) is 47.2 Å². The maximum absolute atomic E-state index is 12.5. The minimum atomic E-state index is -0.292. The van der Waals surface area contributed by atoms with Gasteiger partial charge in [-0.05, 0) is 36.6 Å². The Kier molecular flexibility index (Phi) is 4.55. The first-order chi connectivity index (χ1) is 12.2. The summed E-state index contributed by atoms with van der Waals surface area (Å²) >= 11 is 0. The van der Waals surface area contributed by atoms with Crippen LogP contribution < -0.4 is 0 Å². The molecule has 6 nitrogen and oxygen atoms in total. The summed E-state index contributed by atoms with van der Waals surface area (Å²) in [5.74, 6) is 0.326. The number of furan rings is 1. The van der Waals surface area contributed by atoms with Crippen molar-refractivity contribution >= 4 is 5.91 Å². The first-order valence-corrected chi connectivity index (χ1v) is 8.71. The molecule has 2 aliphatic heterocycles. The number of carbonyl (C=O) groups is 1. The van der Waals surface area contributed by atoms with Crippen molar-refractivity contribution in [3.8, 4) is 0 Å². The summed E-state index contributed by atoms with van der Waals surface area (Å²) in [5.41, 5.74) is 0.766. The Balaban J connectivity index is 1.35. The van der Waals surface area contributed by atoms with Crippen LogP contribution in [-0.2, 0) is 16.1 Å². The van der Waals surface area contributed by atoms with Gasteiger partial charge in [-0.2, -0.15) is 0 Å². The van der Waals surface area contributed by atoms with Crippen LogP contribution in [0.15, 0.2) is 47.3 Å². The molecule has 4 heterocycles. The number of piperidine rings is 1. The zero-order chi connectivity index (χ0) is 17.1. The van der Waals surface area contributed by atoms with Gasteiger partial charge in [-0.1, -0.05) is 6.07 Å². The van der Waals surface area contributed by atoms with Crippen molar-refractivity contribution < 1.29 is 18.7 Å². The summed E-state index contributed by atoms with van der Waals surface area (Å²) < 4.78 is 17.4. The van der Waals surface area contributed by atoms with E-state index >= 15 is 0 Å². The summed E-state index contributed by atoms with van der Waals surface area (Å²) in [4.78, 5) is 18.5. The van der Waals surface area contributed by atoms with Crippen molar-refractivity contribution in [2.45, 2.75) is 37.6 Å². The number of ether oxygens (including phenoxy) is 2. The first kappa shape index (κ1) is 16.3.